The van der Waals surface area contributed by atoms with Gasteiger partial charge in [0.25, 0.3) is 0 Å². The van der Waals surface area contributed by atoms with Gasteiger partial charge in [0.2, 0.25) is 0 Å². The van der Waals surface area contributed by atoms with E-state index >= 15 is 0 Å². The molecule has 2 atom stereocenters. The van der Waals surface area contributed by atoms with Crippen LogP contribution in [0, 0.1) is 5.41 Å². The van der Waals surface area contributed by atoms with Gasteiger partial charge in [-0.3, -0.25) is 4.79 Å². The van der Waals surface area contributed by atoms with Crippen LogP contribution < -0.4 is 0 Å². The highest BCUT2D eigenvalue weighted by Gasteiger charge is 2.45. The van der Waals surface area contributed by atoms with Gasteiger partial charge in [0.1, 0.15) is 5.78 Å². The highest BCUT2D eigenvalue weighted by Crippen LogP contribution is 2.47. The van der Waals surface area contributed by atoms with Crippen molar-refractivity contribution in [3.05, 3.63) is 11.6 Å². The van der Waals surface area contributed by atoms with Crippen LogP contribution in [0.5, 0.6) is 0 Å². The third-order valence-electron chi connectivity index (χ3n) is 3.43. The van der Waals surface area contributed by atoms with E-state index in [0.29, 0.717) is 16.1 Å². The smallest absolute Gasteiger partial charge is 0.140 e. The molecule has 0 N–H and O–H groups in total. The maximum Gasteiger partial charge on any atom is 0.140 e. The van der Waals surface area contributed by atoms with Crippen LogP contribution in [0.3, 0.4) is 0 Å². The highest BCUT2D eigenvalue weighted by atomic mass is 127. The molecule has 15 heavy (non-hydrogen) atoms. The summed E-state index contributed by atoms with van der Waals surface area (Å²) >= 11 is 2.48. The van der Waals surface area contributed by atoms with Gasteiger partial charge in [0.05, 0.1) is 0 Å². The molecule has 0 aromatic rings. The van der Waals surface area contributed by atoms with Crippen molar-refractivity contribution in [1.82, 2.24) is 0 Å². The summed E-state index contributed by atoms with van der Waals surface area (Å²) in [5, 5.41) is 0. The minimum absolute atomic E-state index is 0.0351. The summed E-state index contributed by atoms with van der Waals surface area (Å²) in [7, 11) is 0. The third-order valence-corrected chi connectivity index (χ3v) is 5.25. The number of Topliss-reactive ketones (excluding diaryl/α,β-unsaturated/α-hetero) is 1. The zero-order valence-electron chi connectivity index (χ0n) is 9.98. The average Bonchev–Trinajstić information content (AvgIpc) is 2.57. The third kappa shape index (κ3) is 2.83. The number of ketones is 1. The molecule has 0 aromatic carbocycles. The van der Waals surface area contributed by atoms with Crippen molar-refractivity contribution in [3.8, 4) is 0 Å². The second-order valence-electron chi connectivity index (χ2n) is 4.78. The zero-order valence-corrected chi connectivity index (χ0v) is 12.1. The molecule has 0 radical (unpaired) electrons. The van der Waals surface area contributed by atoms with Crippen LogP contribution in [0.1, 0.15) is 52.9 Å². The predicted molar refractivity (Wildman–Crippen MR) is 73.4 cm³/mol. The van der Waals surface area contributed by atoms with Crippen molar-refractivity contribution in [2.75, 3.05) is 0 Å². The van der Waals surface area contributed by atoms with Crippen LogP contribution in [0.2, 0.25) is 0 Å². The molecule has 86 valence electrons. The molecular formula is C13H21IO. The number of rotatable bonds is 4. The summed E-state index contributed by atoms with van der Waals surface area (Å²) in [6, 6.07) is 0. The van der Waals surface area contributed by atoms with Gasteiger partial charge in [-0.25, -0.2) is 0 Å². The van der Waals surface area contributed by atoms with Gasteiger partial charge in [-0.05, 0) is 33.1 Å². The first-order valence-electron chi connectivity index (χ1n) is 5.83. The van der Waals surface area contributed by atoms with Crippen LogP contribution in [0.4, 0.5) is 0 Å². The Morgan fingerprint density at radius 2 is 2.20 bits per heavy atom. The molecule has 0 amide bonds. The SMILES string of the molecule is CCC(=O)C1(CC=C(C)C)CCCC1I. The Hall–Kier alpha value is 0.140. The van der Waals surface area contributed by atoms with E-state index in [2.05, 4.69) is 42.5 Å². The van der Waals surface area contributed by atoms with Crippen LogP contribution in [0.15, 0.2) is 11.6 Å². The fourth-order valence-electron chi connectivity index (χ4n) is 2.43. The number of halogens is 1. The van der Waals surface area contributed by atoms with E-state index in [4.69, 9.17) is 0 Å². The van der Waals surface area contributed by atoms with Gasteiger partial charge in [0, 0.05) is 15.8 Å². The lowest BCUT2D eigenvalue weighted by Crippen LogP contribution is -2.34. The molecule has 2 heteroatoms. The second-order valence-corrected chi connectivity index (χ2v) is 6.28. The van der Waals surface area contributed by atoms with Crippen molar-refractivity contribution in [2.45, 2.75) is 56.8 Å². The van der Waals surface area contributed by atoms with Gasteiger partial charge in [0.15, 0.2) is 0 Å². The Labute approximate surface area is 107 Å². The second kappa shape index (κ2) is 5.46. The molecule has 0 bridgehead atoms. The van der Waals surface area contributed by atoms with Crippen LogP contribution in [-0.4, -0.2) is 9.71 Å². The van der Waals surface area contributed by atoms with Crippen LogP contribution in [0.25, 0.3) is 0 Å². The van der Waals surface area contributed by atoms with E-state index in [1.807, 2.05) is 6.92 Å². The molecule has 2 unspecified atom stereocenters. The van der Waals surface area contributed by atoms with Gasteiger partial charge in [-0.15, -0.1) is 0 Å². The van der Waals surface area contributed by atoms with Crippen molar-refractivity contribution in [2.24, 2.45) is 5.41 Å². The number of allylic oxidation sites excluding steroid dienone is 2. The van der Waals surface area contributed by atoms with Gasteiger partial charge < -0.3 is 0 Å². The Morgan fingerprint density at radius 1 is 1.53 bits per heavy atom. The number of carbonyl (C=O) groups is 1. The highest BCUT2D eigenvalue weighted by molar-refractivity contribution is 14.1. The predicted octanol–water partition coefficient (Wildman–Crippen LogP) is 4.30. The van der Waals surface area contributed by atoms with Crippen molar-refractivity contribution >= 4 is 28.4 Å². The molecule has 1 fully saturated rings. The summed E-state index contributed by atoms with van der Waals surface area (Å²) in [5.74, 6) is 0.469. The molecular weight excluding hydrogens is 299 g/mol. The largest absolute Gasteiger partial charge is 0.299 e. The zero-order chi connectivity index (χ0) is 11.5. The first-order valence-corrected chi connectivity index (χ1v) is 7.08. The molecule has 0 saturated heterocycles. The average molecular weight is 320 g/mol. The molecule has 1 saturated carbocycles. The molecule has 1 rings (SSSR count). The molecule has 0 aliphatic heterocycles. The topological polar surface area (TPSA) is 17.1 Å². The van der Waals surface area contributed by atoms with E-state index in [1.165, 1.54) is 18.4 Å². The molecule has 1 aliphatic carbocycles. The summed E-state index contributed by atoms with van der Waals surface area (Å²) in [6.45, 7) is 6.22. The van der Waals surface area contributed by atoms with Crippen LogP contribution >= 0.6 is 22.6 Å². The Kier molecular flexibility index (Phi) is 4.81. The lowest BCUT2D eigenvalue weighted by atomic mass is 9.77. The monoisotopic (exact) mass is 320 g/mol. The minimum Gasteiger partial charge on any atom is -0.299 e. The Morgan fingerprint density at radius 3 is 2.60 bits per heavy atom. The molecule has 0 aromatic heterocycles. The fourth-order valence-corrected chi connectivity index (χ4v) is 3.78. The Bertz CT molecular complexity index is 266. The molecule has 0 heterocycles. The molecule has 0 spiro atoms. The number of hydrogen-bond donors (Lipinski definition) is 0. The van der Waals surface area contributed by atoms with Crippen molar-refractivity contribution in [3.63, 3.8) is 0 Å². The summed E-state index contributed by atoms with van der Waals surface area (Å²) < 4.78 is 0.540. The van der Waals surface area contributed by atoms with E-state index < -0.39 is 0 Å². The Balaban J connectivity index is 2.86. The first-order chi connectivity index (χ1) is 7.03. The van der Waals surface area contributed by atoms with E-state index in [0.717, 1.165) is 12.8 Å². The summed E-state index contributed by atoms with van der Waals surface area (Å²) in [4.78, 5) is 12.1. The lowest BCUT2D eigenvalue weighted by Gasteiger charge is -2.30. The quantitative estimate of drug-likeness (QED) is 0.429. The normalized spacial score (nSPS) is 30.3. The fraction of sp³-hybridized carbons (Fsp3) is 0.769. The minimum atomic E-state index is -0.0351. The van der Waals surface area contributed by atoms with Gasteiger partial charge in [-0.2, -0.15) is 0 Å². The van der Waals surface area contributed by atoms with Crippen molar-refractivity contribution in [1.29, 1.82) is 0 Å². The first kappa shape index (κ1) is 13.2. The number of hydrogen-bond acceptors (Lipinski definition) is 1. The number of alkyl halides is 1. The van der Waals surface area contributed by atoms with Crippen molar-refractivity contribution < 1.29 is 4.79 Å². The molecule has 1 aliphatic rings. The summed E-state index contributed by atoms with van der Waals surface area (Å²) in [6.07, 6.45) is 7.41. The van der Waals surface area contributed by atoms with Gasteiger partial charge in [-0.1, -0.05) is 47.6 Å². The lowest BCUT2D eigenvalue weighted by molar-refractivity contribution is -0.127. The molecule has 1 nitrogen and oxygen atoms in total. The van der Waals surface area contributed by atoms with Gasteiger partial charge >= 0.3 is 0 Å². The maximum absolute atomic E-state index is 12.1. The number of carbonyl (C=O) groups excluding carboxylic acids is 1. The van der Waals surface area contributed by atoms with E-state index in [9.17, 15) is 4.79 Å². The summed E-state index contributed by atoms with van der Waals surface area (Å²) in [5.41, 5.74) is 1.29. The van der Waals surface area contributed by atoms with E-state index in [1.54, 1.807) is 0 Å². The standard InChI is InChI=1S/C13H21IO/c1-4-12(15)13(9-7-10(2)3)8-5-6-11(13)14/h7,11H,4-6,8-9H2,1-3H3. The van der Waals surface area contributed by atoms with Crippen LogP contribution in [-0.2, 0) is 4.79 Å². The van der Waals surface area contributed by atoms with E-state index in [-0.39, 0.29) is 5.41 Å². The maximum atomic E-state index is 12.1.